The fraction of sp³-hybridized carbons (Fsp3) is 0.533. The summed E-state index contributed by atoms with van der Waals surface area (Å²) in [6.45, 7) is 6.45. The molecule has 0 fully saturated rings. The number of sulfonamides is 1. The van der Waals surface area contributed by atoms with Crippen LogP contribution in [0.3, 0.4) is 0 Å². The zero-order valence-corrected chi connectivity index (χ0v) is 13.6. The van der Waals surface area contributed by atoms with Gasteiger partial charge in [0.05, 0.1) is 12.3 Å². The Morgan fingerprint density at radius 1 is 1.29 bits per heavy atom. The van der Waals surface area contributed by atoms with Gasteiger partial charge in [-0.15, -0.1) is 0 Å². The van der Waals surface area contributed by atoms with E-state index in [-0.39, 0.29) is 11.8 Å². The van der Waals surface area contributed by atoms with Gasteiger partial charge in [0.2, 0.25) is 15.9 Å². The summed E-state index contributed by atoms with van der Waals surface area (Å²) in [6, 6.07) is 7.07. The molecular formula is C15H22N2O3S. The molecule has 1 amide bonds. The Morgan fingerprint density at radius 3 is 2.48 bits per heavy atom. The Hall–Kier alpha value is -1.40. The van der Waals surface area contributed by atoms with Gasteiger partial charge >= 0.3 is 0 Å². The molecule has 0 unspecified atom stereocenters. The molecule has 0 aliphatic carbocycles. The first-order valence-corrected chi connectivity index (χ1v) is 8.97. The molecule has 0 radical (unpaired) electrons. The van der Waals surface area contributed by atoms with Crippen LogP contribution in [0.15, 0.2) is 24.3 Å². The molecule has 0 bridgehead atoms. The highest BCUT2D eigenvalue weighted by Crippen LogP contribution is 2.40. The second kappa shape index (κ2) is 5.77. The van der Waals surface area contributed by atoms with E-state index in [1.165, 1.54) is 0 Å². The van der Waals surface area contributed by atoms with E-state index in [2.05, 4.69) is 18.6 Å². The van der Waals surface area contributed by atoms with Crippen molar-refractivity contribution in [1.82, 2.24) is 4.72 Å². The lowest BCUT2D eigenvalue weighted by Gasteiger charge is -2.22. The zero-order chi connectivity index (χ0) is 15.8. The molecule has 1 aromatic carbocycles. The molecule has 0 saturated carbocycles. The minimum absolute atomic E-state index is 0.212. The largest absolute Gasteiger partial charge is 0.310 e. The molecule has 2 rings (SSSR count). The van der Waals surface area contributed by atoms with Crippen molar-refractivity contribution in [2.24, 2.45) is 5.92 Å². The van der Waals surface area contributed by atoms with Crippen LogP contribution < -0.4 is 9.62 Å². The van der Waals surface area contributed by atoms with Crippen LogP contribution in [-0.4, -0.2) is 33.2 Å². The van der Waals surface area contributed by atoms with Crippen LogP contribution in [0.2, 0.25) is 0 Å². The highest BCUT2D eigenvalue weighted by Gasteiger charge is 2.35. The Kier molecular flexibility index (Phi) is 4.39. The van der Waals surface area contributed by atoms with Crippen molar-refractivity contribution < 1.29 is 13.2 Å². The molecule has 6 heteroatoms. The lowest BCUT2D eigenvalue weighted by atomic mass is 9.90. The maximum atomic E-state index is 12.6. The van der Waals surface area contributed by atoms with E-state index >= 15 is 0 Å². The third-order valence-corrected chi connectivity index (χ3v) is 4.62. The van der Waals surface area contributed by atoms with Crippen molar-refractivity contribution in [3.05, 3.63) is 29.8 Å². The first kappa shape index (κ1) is 16.0. The molecule has 21 heavy (non-hydrogen) atoms. The number of anilines is 1. The van der Waals surface area contributed by atoms with Gasteiger partial charge in [-0.05, 0) is 24.5 Å². The van der Waals surface area contributed by atoms with Gasteiger partial charge in [0.1, 0.15) is 0 Å². The standard InChI is InChI=1S/C15H22N2O3S/c1-10(2)13-9-17(14-8-6-5-7-12(13)14)15(18)11(3)16-21(4,19)20/h5-8,10-11,13,16H,9H2,1-4H3/t11-,13-/m1/s1. The molecule has 1 aliphatic heterocycles. The minimum Gasteiger partial charge on any atom is -0.310 e. The predicted octanol–water partition coefficient (Wildman–Crippen LogP) is 1.71. The summed E-state index contributed by atoms with van der Waals surface area (Å²) in [5.41, 5.74) is 2.05. The second-order valence-electron chi connectivity index (χ2n) is 5.97. The Labute approximate surface area is 126 Å². The number of para-hydroxylation sites is 1. The van der Waals surface area contributed by atoms with Crippen LogP contribution in [0.1, 0.15) is 32.3 Å². The third kappa shape index (κ3) is 3.44. The van der Waals surface area contributed by atoms with Gasteiger partial charge in [0.15, 0.2) is 0 Å². The van der Waals surface area contributed by atoms with Gasteiger partial charge in [-0.25, -0.2) is 13.1 Å². The summed E-state index contributed by atoms with van der Waals surface area (Å²) in [5.74, 6) is 0.494. The summed E-state index contributed by atoms with van der Waals surface area (Å²) >= 11 is 0. The van der Waals surface area contributed by atoms with Crippen LogP contribution in [0.25, 0.3) is 0 Å². The number of hydrogen-bond acceptors (Lipinski definition) is 3. The highest BCUT2D eigenvalue weighted by molar-refractivity contribution is 7.88. The normalized spacial score (nSPS) is 19.7. The first-order valence-electron chi connectivity index (χ1n) is 7.08. The number of nitrogens with one attached hydrogen (secondary N) is 1. The Morgan fingerprint density at radius 2 is 1.90 bits per heavy atom. The molecule has 1 aliphatic rings. The fourth-order valence-electron chi connectivity index (χ4n) is 2.82. The number of amides is 1. The van der Waals surface area contributed by atoms with Gasteiger partial charge in [-0.2, -0.15) is 0 Å². The summed E-state index contributed by atoms with van der Waals surface area (Å²) in [4.78, 5) is 14.3. The smallest absolute Gasteiger partial charge is 0.244 e. The number of rotatable bonds is 4. The summed E-state index contributed by atoms with van der Waals surface area (Å²) in [7, 11) is -3.40. The highest BCUT2D eigenvalue weighted by atomic mass is 32.2. The topological polar surface area (TPSA) is 66.5 Å². The van der Waals surface area contributed by atoms with E-state index in [1.54, 1.807) is 11.8 Å². The van der Waals surface area contributed by atoms with Crippen LogP contribution >= 0.6 is 0 Å². The van der Waals surface area contributed by atoms with E-state index in [9.17, 15) is 13.2 Å². The molecule has 116 valence electrons. The van der Waals surface area contributed by atoms with Crippen molar-refractivity contribution in [2.75, 3.05) is 17.7 Å². The van der Waals surface area contributed by atoms with E-state index in [4.69, 9.17) is 0 Å². The van der Waals surface area contributed by atoms with E-state index in [0.717, 1.165) is 17.5 Å². The summed E-state index contributed by atoms with van der Waals surface area (Å²) in [5, 5.41) is 0. The zero-order valence-electron chi connectivity index (χ0n) is 12.8. The van der Waals surface area contributed by atoms with Crippen molar-refractivity contribution in [3.63, 3.8) is 0 Å². The van der Waals surface area contributed by atoms with Gasteiger partial charge in [0.25, 0.3) is 0 Å². The third-order valence-electron chi connectivity index (χ3n) is 3.84. The molecule has 0 spiro atoms. The van der Waals surface area contributed by atoms with Gasteiger partial charge in [-0.3, -0.25) is 4.79 Å². The van der Waals surface area contributed by atoms with Crippen molar-refractivity contribution >= 4 is 21.6 Å². The van der Waals surface area contributed by atoms with Gasteiger partial charge in [0, 0.05) is 18.2 Å². The molecule has 2 atom stereocenters. The molecular weight excluding hydrogens is 288 g/mol. The van der Waals surface area contributed by atoms with Gasteiger partial charge < -0.3 is 4.90 Å². The maximum absolute atomic E-state index is 12.6. The lowest BCUT2D eigenvalue weighted by molar-refractivity contribution is -0.119. The molecule has 1 N–H and O–H groups in total. The summed E-state index contributed by atoms with van der Waals surface area (Å²) < 4.78 is 24.9. The predicted molar refractivity (Wildman–Crippen MR) is 83.8 cm³/mol. The van der Waals surface area contributed by atoms with E-state index in [0.29, 0.717) is 12.5 Å². The minimum atomic E-state index is -3.40. The molecule has 1 heterocycles. The molecule has 0 saturated heterocycles. The maximum Gasteiger partial charge on any atom is 0.244 e. The number of carbonyl (C=O) groups excluding carboxylic acids is 1. The quantitative estimate of drug-likeness (QED) is 0.920. The monoisotopic (exact) mass is 310 g/mol. The van der Waals surface area contributed by atoms with E-state index in [1.807, 2.05) is 24.3 Å². The van der Waals surface area contributed by atoms with Crippen molar-refractivity contribution in [1.29, 1.82) is 0 Å². The Balaban J connectivity index is 2.28. The average Bonchev–Trinajstić information content (AvgIpc) is 2.75. The lowest BCUT2D eigenvalue weighted by Crippen LogP contribution is -2.46. The first-order chi connectivity index (χ1) is 9.70. The molecule has 0 aromatic heterocycles. The second-order valence-corrected chi connectivity index (χ2v) is 7.75. The van der Waals surface area contributed by atoms with Crippen LogP contribution in [-0.2, 0) is 14.8 Å². The number of nitrogens with zero attached hydrogens (tertiary/aromatic N) is 1. The fourth-order valence-corrected chi connectivity index (χ4v) is 3.57. The van der Waals surface area contributed by atoms with Crippen molar-refractivity contribution in [2.45, 2.75) is 32.7 Å². The average molecular weight is 310 g/mol. The molecule has 5 nitrogen and oxygen atoms in total. The van der Waals surface area contributed by atoms with Gasteiger partial charge in [-0.1, -0.05) is 32.0 Å². The van der Waals surface area contributed by atoms with E-state index < -0.39 is 16.1 Å². The van der Waals surface area contributed by atoms with Crippen LogP contribution in [0.5, 0.6) is 0 Å². The number of benzene rings is 1. The van der Waals surface area contributed by atoms with Crippen molar-refractivity contribution in [3.8, 4) is 0 Å². The van der Waals surface area contributed by atoms with Crippen LogP contribution in [0.4, 0.5) is 5.69 Å². The number of fused-ring (bicyclic) bond motifs is 1. The number of hydrogen-bond donors (Lipinski definition) is 1. The summed E-state index contributed by atoms with van der Waals surface area (Å²) in [6.07, 6.45) is 1.06. The number of carbonyl (C=O) groups is 1. The SMILES string of the molecule is CC(C)[C@H]1CN(C(=O)[C@@H](C)NS(C)(=O)=O)c2ccccc21. The van der Waals surface area contributed by atoms with Crippen LogP contribution in [0, 0.1) is 5.92 Å². The Bertz CT molecular complexity index is 640. The molecule has 1 aromatic rings.